The summed E-state index contributed by atoms with van der Waals surface area (Å²) in [6.07, 6.45) is 0.761. The van der Waals surface area contributed by atoms with E-state index in [1.54, 1.807) is 23.5 Å². The Labute approximate surface area is 127 Å². The highest BCUT2D eigenvalue weighted by atomic mass is 35.5. The van der Waals surface area contributed by atoms with Gasteiger partial charge in [-0.3, -0.25) is 0 Å². The molecular weight excluding hydrogens is 296 g/mol. The number of halogens is 1. The first kappa shape index (κ1) is 15.3. The van der Waals surface area contributed by atoms with Crippen LogP contribution in [0.1, 0.15) is 17.1 Å². The number of rotatable bonds is 8. The van der Waals surface area contributed by atoms with Gasteiger partial charge in [-0.05, 0) is 37.2 Å². The van der Waals surface area contributed by atoms with E-state index in [0.717, 1.165) is 36.0 Å². The fourth-order valence-electron chi connectivity index (χ4n) is 1.59. The second kappa shape index (κ2) is 8.21. The van der Waals surface area contributed by atoms with Crippen LogP contribution in [-0.4, -0.2) is 23.2 Å². The fraction of sp³-hybridized carbons (Fsp3) is 0.357. The van der Waals surface area contributed by atoms with Crippen LogP contribution < -0.4 is 10.1 Å². The van der Waals surface area contributed by atoms with Crippen LogP contribution in [0.5, 0.6) is 5.75 Å². The van der Waals surface area contributed by atoms with Gasteiger partial charge < -0.3 is 15.2 Å². The molecule has 0 aliphatic carbocycles. The molecule has 0 amide bonds. The summed E-state index contributed by atoms with van der Waals surface area (Å²) in [6.45, 7) is 2.19. The van der Waals surface area contributed by atoms with Crippen molar-refractivity contribution >= 4 is 22.9 Å². The van der Waals surface area contributed by atoms with E-state index in [1.807, 2.05) is 17.5 Å². The average molecular weight is 313 g/mol. The van der Waals surface area contributed by atoms with Crippen molar-refractivity contribution in [3.8, 4) is 5.75 Å². The van der Waals surface area contributed by atoms with Crippen molar-refractivity contribution in [1.29, 1.82) is 0 Å². The van der Waals surface area contributed by atoms with Crippen molar-refractivity contribution in [3.05, 3.63) is 45.4 Å². The molecule has 0 bridgehead atoms. The SMILES string of the molecule is OCCCNCc1csc(COc2ccc(Cl)cc2)n1. The van der Waals surface area contributed by atoms with Gasteiger partial charge in [0.05, 0.1) is 5.69 Å². The Morgan fingerprint density at radius 1 is 1.30 bits per heavy atom. The molecule has 4 nitrogen and oxygen atoms in total. The van der Waals surface area contributed by atoms with Crippen LogP contribution in [0.3, 0.4) is 0 Å². The third-order valence-electron chi connectivity index (χ3n) is 2.59. The smallest absolute Gasteiger partial charge is 0.140 e. The average Bonchev–Trinajstić information content (AvgIpc) is 2.91. The number of thiazole rings is 1. The maximum atomic E-state index is 8.68. The van der Waals surface area contributed by atoms with Gasteiger partial charge in [0.1, 0.15) is 17.4 Å². The van der Waals surface area contributed by atoms with E-state index in [0.29, 0.717) is 11.6 Å². The van der Waals surface area contributed by atoms with Crippen molar-refractivity contribution in [3.63, 3.8) is 0 Å². The normalized spacial score (nSPS) is 10.7. The molecule has 1 aromatic carbocycles. The molecule has 0 radical (unpaired) electrons. The Balaban J connectivity index is 1.76. The Hall–Kier alpha value is -1.14. The lowest BCUT2D eigenvalue weighted by atomic mass is 10.3. The maximum Gasteiger partial charge on any atom is 0.140 e. The van der Waals surface area contributed by atoms with Crippen LogP contribution in [0.2, 0.25) is 5.02 Å². The van der Waals surface area contributed by atoms with Gasteiger partial charge in [0.2, 0.25) is 0 Å². The van der Waals surface area contributed by atoms with Gasteiger partial charge in [0.25, 0.3) is 0 Å². The largest absolute Gasteiger partial charge is 0.486 e. The molecule has 0 saturated heterocycles. The van der Waals surface area contributed by atoms with Gasteiger partial charge >= 0.3 is 0 Å². The van der Waals surface area contributed by atoms with E-state index in [-0.39, 0.29) is 6.61 Å². The van der Waals surface area contributed by atoms with Crippen LogP contribution in [0.15, 0.2) is 29.6 Å². The van der Waals surface area contributed by atoms with Gasteiger partial charge in [-0.2, -0.15) is 0 Å². The predicted octanol–water partition coefficient (Wildman–Crippen LogP) is 2.85. The number of nitrogens with zero attached hydrogens (tertiary/aromatic N) is 1. The number of aromatic nitrogens is 1. The topological polar surface area (TPSA) is 54.4 Å². The molecule has 0 spiro atoms. The lowest BCUT2D eigenvalue weighted by Gasteiger charge is -2.03. The number of benzene rings is 1. The first-order valence-corrected chi connectivity index (χ1v) is 7.67. The van der Waals surface area contributed by atoms with Gasteiger partial charge in [0, 0.05) is 23.6 Å². The van der Waals surface area contributed by atoms with Crippen LogP contribution in [0.25, 0.3) is 0 Å². The van der Waals surface area contributed by atoms with Gasteiger partial charge in [-0.15, -0.1) is 11.3 Å². The molecule has 0 saturated carbocycles. The van der Waals surface area contributed by atoms with Crippen LogP contribution in [0.4, 0.5) is 0 Å². The number of aliphatic hydroxyl groups is 1. The second-order valence-corrected chi connectivity index (χ2v) is 5.61. The zero-order chi connectivity index (χ0) is 14.2. The Bertz CT molecular complexity index is 516. The lowest BCUT2D eigenvalue weighted by molar-refractivity contribution is 0.286. The molecule has 1 heterocycles. The minimum atomic E-state index is 0.213. The number of aliphatic hydroxyl groups excluding tert-OH is 1. The van der Waals surface area contributed by atoms with E-state index >= 15 is 0 Å². The molecule has 0 aliphatic heterocycles. The van der Waals surface area contributed by atoms with E-state index in [2.05, 4.69) is 10.3 Å². The van der Waals surface area contributed by atoms with Gasteiger partial charge in [-0.1, -0.05) is 11.6 Å². The zero-order valence-corrected chi connectivity index (χ0v) is 12.6. The molecule has 0 atom stereocenters. The summed E-state index contributed by atoms with van der Waals surface area (Å²) in [5, 5.41) is 15.6. The summed E-state index contributed by atoms with van der Waals surface area (Å²) >= 11 is 7.40. The number of nitrogens with one attached hydrogen (secondary N) is 1. The van der Waals surface area contributed by atoms with Crippen molar-refractivity contribution < 1.29 is 9.84 Å². The van der Waals surface area contributed by atoms with E-state index in [9.17, 15) is 0 Å². The minimum absolute atomic E-state index is 0.213. The number of ether oxygens (including phenoxy) is 1. The molecule has 6 heteroatoms. The van der Waals surface area contributed by atoms with Gasteiger partial charge in [0.15, 0.2) is 0 Å². The van der Waals surface area contributed by atoms with Crippen molar-refractivity contribution in [2.75, 3.05) is 13.2 Å². The maximum absolute atomic E-state index is 8.68. The standard InChI is InChI=1S/C14H17ClN2O2S/c15-11-2-4-13(5-3-11)19-9-14-17-12(10-20-14)8-16-6-1-7-18/h2-5,10,16,18H,1,6-9H2. The molecule has 20 heavy (non-hydrogen) atoms. The van der Waals surface area contributed by atoms with Crippen LogP contribution in [-0.2, 0) is 13.2 Å². The summed E-state index contributed by atoms with van der Waals surface area (Å²) in [6, 6.07) is 7.28. The van der Waals surface area contributed by atoms with E-state index in [1.165, 1.54) is 0 Å². The quantitative estimate of drug-likeness (QED) is 0.736. The molecule has 0 unspecified atom stereocenters. The second-order valence-electron chi connectivity index (χ2n) is 4.23. The van der Waals surface area contributed by atoms with Gasteiger partial charge in [-0.25, -0.2) is 4.98 Å². The Morgan fingerprint density at radius 2 is 2.10 bits per heavy atom. The summed E-state index contributed by atoms with van der Waals surface area (Å²) in [4.78, 5) is 4.48. The molecule has 2 rings (SSSR count). The third kappa shape index (κ3) is 5.09. The highest BCUT2D eigenvalue weighted by Crippen LogP contribution is 2.18. The van der Waals surface area contributed by atoms with E-state index in [4.69, 9.17) is 21.4 Å². The minimum Gasteiger partial charge on any atom is -0.486 e. The molecule has 2 aromatic rings. The molecule has 0 aliphatic rings. The monoisotopic (exact) mass is 312 g/mol. The Kier molecular flexibility index (Phi) is 6.26. The van der Waals surface area contributed by atoms with Crippen molar-refractivity contribution in [2.45, 2.75) is 19.6 Å². The molecule has 0 fully saturated rings. The molecular formula is C14H17ClN2O2S. The number of hydrogen-bond acceptors (Lipinski definition) is 5. The van der Waals surface area contributed by atoms with Crippen molar-refractivity contribution in [1.82, 2.24) is 10.3 Å². The first-order valence-electron chi connectivity index (χ1n) is 6.41. The first-order chi connectivity index (χ1) is 9.78. The molecule has 2 N–H and O–H groups in total. The van der Waals surface area contributed by atoms with Crippen LogP contribution >= 0.6 is 22.9 Å². The summed E-state index contributed by atoms with van der Waals surface area (Å²) < 4.78 is 5.64. The predicted molar refractivity (Wildman–Crippen MR) is 81.3 cm³/mol. The summed E-state index contributed by atoms with van der Waals surface area (Å²) in [5.41, 5.74) is 1.00. The molecule has 1 aromatic heterocycles. The molecule has 108 valence electrons. The van der Waals surface area contributed by atoms with Crippen LogP contribution in [0, 0.1) is 0 Å². The summed E-state index contributed by atoms with van der Waals surface area (Å²) in [5.74, 6) is 0.784. The van der Waals surface area contributed by atoms with Crippen molar-refractivity contribution in [2.24, 2.45) is 0 Å². The Morgan fingerprint density at radius 3 is 2.85 bits per heavy atom. The third-order valence-corrected chi connectivity index (χ3v) is 3.72. The number of hydrogen-bond donors (Lipinski definition) is 2. The fourth-order valence-corrected chi connectivity index (χ4v) is 2.42. The highest BCUT2D eigenvalue weighted by Gasteiger charge is 2.03. The zero-order valence-electron chi connectivity index (χ0n) is 11.0. The highest BCUT2D eigenvalue weighted by molar-refractivity contribution is 7.09. The summed E-state index contributed by atoms with van der Waals surface area (Å²) in [7, 11) is 0. The lowest BCUT2D eigenvalue weighted by Crippen LogP contribution is -2.15. The van der Waals surface area contributed by atoms with E-state index < -0.39 is 0 Å².